The lowest BCUT2D eigenvalue weighted by atomic mass is 10.1. The maximum absolute atomic E-state index is 5.12. The molecule has 0 aliphatic carbocycles. The van der Waals surface area contributed by atoms with E-state index in [1.165, 1.54) is 21.8 Å². The highest BCUT2D eigenvalue weighted by Gasteiger charge is 2.26. The molecule has 1 aliphatic rings. The standard InChI is InChI=1S/C34H26N4/c1-37-33(25-12-4-2-5-13-25)35-32(36-34(37)26-14-6-3-7-15-26)24-20-22-27(23-21-24)38-30-18-10-8-16-28(30)29-17-9-11-19-31(29)38/h2-23,33H,1H3. The molecular formula is C34H26N4. The van der Waals surface area contributed by atoms with Gasteiger partial charge in [0.1, 0.15) is 12.0 Å². The summed E-state index contributed by atoms with van der Waals surface area (Å²) in [5.74, 6) is 1.65. The van der Waals surface area contributed by atoms with Crippen molar-refractivity contribution in [3.63, 3.8) is 0 Å². The van der Waals surface area contributed by atoms with Crippen molar-refractivity contribution in [1.82, 2.24) is 9.47 Å². The van der Waals surface area contributed by atoms with Gasteiger partial charge in [-0.3, -0.25) is 0 Å². The summed E-state index contributed by atoms with van der Waals surface area (Å²) < 4.78 is 2.33. The summed E-state index contributed by atoms with van der Waals surface area (Å²) in [6.45, 7) is 0. The quantitative estimate of drug-likeness (QED) is 0.250. The van der Waals surface area contributed by atoms with E-state index in [2.05, 4.69) is 138 Å². The van der Waals surface area contributed by atoms with Crippen LogP contribution >= 0.6 is 0 Å². The molecular weight excluding hydrogens is 464 g/mol. The predicted molar refractivity (Wildman–Crippen MR) is 157 cm³/mol. The Kier molecular flexibility index (Phi) is 5.37. The molecule has 5 aromatic carbocycles. The van der Waals surface area contributed by atoms with E-state index in [4.69, 9.17) is 9.98 Å². The summed E-state index contributed by atoms with van der Waals surface area (Å²) >= 11 is 0. The molecule has 0 saturated carbocycles. The predicted octanol–water partition coefficient (Wildman–Crippen LogP) is 7.62. The highest BCUT2D eigenvalue weighted by molar-refractivity contribution is 6.13. The molecule has 6 aromatic rings. The van der Waals surface area contributed by atoms with Gasteiger partial charge < -0.3 is 9.47 Å². The minimum absolute atomic E-state index is 0.157. The third-order valence-corrected chi connectivity index (χ3v) is 7.25. The third-order valence-electron chi connectivity index (χ3n) is 7.25. The number of hydrogen-bond acceptors (Lipinski definition) is 3. The van der Waals surface area contributed by atoms with Crippen LogP contribution in [0, 0.1) is 0 Å². The first kappa shape index (κ1) is 22.3. The minimum Gasteiger partial charge on any atom is -0.333 e. The Morgan fingerprint density at radius 2 is 1.11 bits per heavy atom. The molecule has 2 heterocycles. The molecule has 7 rings (SSSR count). The maximum atomic E-state index is 5.12. The fourth-order valence-electron chi connectivity index (χ4n) is 5.40. The van der Waals surface area contributed by atoms with Crippen LogP contribution in [-0.4, -0.2) is 28.2 Å². The van der Waals surface area contributed by atoms with Crippen LogP contribution in [0.15, 0.2) is 143 Å². The Morgan fingerprint density at radius 1 is 0.553 bits per heavy atom. The van der Waals surface area contributed by atoms with Crippen LogP contribution in [0.4, 0.5) is 0 Å². The van der Waals surface area contributed by atoms with Crippen molar-refractivity contribution in [2.24, 2.45) is 9.98 Å². The number of aliphatic imine (C=N–C) groups is 2. The number of rotatable bonds is 4. The van der Waals surface area contributed by atoms with E-state index in [0.29, 0.717) is 0 Å². The number of aromatic nitrogens is 1. The van der Waals surface area contributed by atoms with Crippen molar-refractivity contribution < 1.29 is 0 Å². The lowest BCUT2D eigenvalue weighted by Crippen LogP contribution is -2.35. The van der Waals surface area contributed by atoms with E-state index in [9.17, 15) is 0 Å². The van der Waals surface area contributed by atoms with Crippen LogP contribution < -0.4 is 0 Å². The molecule has 38 heavy (non-hydrogen) atoms. The van der Waals surface area contributed by atoms with Crippen LogP contribution in [0.2, 0.25) is 0 Å². The van der Waals surface area contributed by atoms with Crippen molar-refractivity contribution in [2.75, 3.05) is 7.05 Å². The molecule has 0 N–H and O–H groups in total. The Bertz CT molecular complexity index is 1760. The van der Waals surface area contributed by atoms with Crippen molar-refractivity contribution >= 4 is 33.5 Å². The zero-order valence-electron chi connectivity index (χ0n) is 21.1. The third kappa shape index (κ3) is 3.70. The van der Waals surface area contributed by atoms with Gasteiger partial charge in [-0.25, -0.2) is 9.98 Å². The number of para-hydroxylation sites is 2. The zero-order valence-corrected chi connectivity index (χ0v) is 21.1. The average molecular weight is 491 g/mol. The molecule has 0 saturated heterocycles. The van der Waals surface area contributed by atoms with Gasteiger partial charge >= 0.3 is 0 Å². The van der Waals surface area contributed by atoms with Gasteiger partial charge in [-0.1, -0.05) is 97.1 Å². The van der Waals surface area contributed by atoms with E-state index >= 15 is 0 Å². The summed E-state index contributed by atoms with van der Waals surface area (Å²) in [5, 5.41) is 2.52. The number of fused-ring (bicyclic) bond motifs is 3. The first-order chi connectivity index (χ1) is 18.8. The van der Waals surface area contributed by atoms with Gasteiger partial charge in [0.2, 0.25) is 0 Å². The maximum Gasteiger partial charge on any atom is 0.159 e. The molecule has 1 unspecified atom stereocenters. The topological polar surface area (TPSA) is 32.9 Å². The molecule has 1 aromatic heterocycles. The Labute approximate surface area is 221 Å². The van der Waals surface area contributed by atoms with E-state index in [0.717, 1.165) is 34.0 Å². The van der Waals surface area contributed by atoms with Gasteiger partial charge in [0, 0.05) is 34.6 Å². The fourth-order valence-corrected chi connectivity index (χ4v) is 5.40. The highest BCUT2D eigenvalue weighted by Crippen LogP contribution is 2.32. The largest absolute Gasteiger partial charge is 0.333 e. The molecule has 0 fully saturated rings. The second-order valence-electron chi connectivity index (χ2n) is 9.57. The van der Waals surface area contributed by atoms with Crippen molar-refractivity contribution in [3.8, 4) is 5.69 Å². The van der Waals surface area contributed by atoms with Crippen LogP contribution in [0.3, 0.4) is 0 Å². The zero-order chi connectivity index (χ0) is 25.5. The molecule has 1 atom stereocenters. The van der Waals surface area contributed by atoms with Crippen LogP contribution in [-0.2, 0) is 0 Å². The molecule has 4 heteroatoms. The van der Waals surface area contributed by atoms with Gasteiger partial charge in [-0.15, -0.1) is 0 Å². The highest BCUT2D eigenvalue weighted by atomic mass is 15.3. The summed E-state index contributed by atoms with van der Waals surface area (Å²) in [7, 11) is 2.06. The SMILES string of the molecule is CN1C(c2ccccc2)=NC(c2ccc(-n3c4ccccc4c4ccccc43)cc2)=NC1c1ccccc1. The van der Waals surface area contributed by atoms with Crippen LogP contribution in [0.5, 0.6) is 0 Å². The summed E-state index contributed by atoms with van der Waals surface area (Å²) in [4.78, 5) is 12.3. The molecule has 182 valence electrons. The fraction of sp³-hybridized carbons (Fsp3) is 0.0588. The second-order valence-corrected chi connectivity index (χ2v) is 9.57. The van der Waals surface area contributed by atoms with Gasteiger partial charge in [-0.05, 0) is 42.0 Å². The number of benzene rings is 5. The summed E-state index contributed by atoms with van der Waals surface area (Å²) in [6, 6.07) is 46.5. The Balaban J connectivity index is 1.34. The van der Waals surface area contributed by atoms with Gasteiger partial charge in [-0.2, -0.15) is 0 Å². The summed E-state index contributed by atoms with van der Waals surface area (Å²) in [5.41, 5.74) is 6.73. The monoisotopic (exact) mass is 490 g/mol. The average Bonchev–Trinajstić information content (AvgIpc) is 3.33. The second kappa shape index (κ2) is 9.16. The Morgan fingerprint density at radius 3 is 1.74 bits per heavy atom. The van der Waals surface area contributed by atoms with Crippen LogP contribution in [0.25, 0.3) is 27.5 Å². The normalized spacial score (nSPS) is 15.5. The summed E-state index contributed by atoms with van der Waals surface area (Å²) in [6.07, 6.45) is -0.157. The van der Waals surface area contributed by atoms with E-state index in [-0.39, 0.29) is 6.17 Å². The molecule has 0 bridgehead atoms. The minimum atomic E-state index is -0.157. The van der Waals surface area contributed by atoms with Gasteiger partial charge in [0.15, 0.2) is 5.84 Å². The van der Waals surface area contributed by atoms with Crippen molar-refractivity contribution in [2.45, 2.75) is 6.17 Å². The number of nitrogens with zero attached hydrogens (tertiary/aromatic N) is 4. The molecule has 0 amide bonds. The van der Waals surface area contributed by atoms with E-state index < -0.39 is 0 Å². The molecule has 0 spiro atoms. The lowest BCUT2D eigenvalue weighted by Gasteiger charge is -2.32. The smallest absolute Gasteiger partial charge is 0.159 e. The van der Waals surface area contributed by atoms with Gasteiger partial charge in [0.05, 0.1) is 11.0 Å². The van der Waals surface area contributed by atoms with Gasteiger partial charge in [0.25, 0.3) is 0 Å². The Hall–Kier alpha value is -4.96. The van der Waals surface area contributed by atoms with Crippen molar-refractivity contribution in [1.29, 1.82) is 0 Å². The molecule has 1 aliphatic heterocycles. The van der Waals surface area contributed by atoms with E-state index in [1.54, 1.807) is 0 Å². The lowest BCUT2D eigenvalue weighted by molar-refractivity contribution is 0.383. The number of amidine groups is 2. The van der Waals surface area contributed by atoms with Crippen LogP contribution in [0.1, 0.15) is 22.9 Å². The number of hydrogen-bond donors (Lipinski definition) is 0. The van der Waals surface area contributed by atoms with E-state index in [1.807, 2.05) is 12.1 Å². The molecule has 4 nitrogen and oxygen atoms in total. The molecule has 0 radical (unpaired) electrons. The first-order valence-electron chi connectivity index (χ1n) is 12.9. The van der Waals surface area contributed by atoms with Crippen molar-refractivity contribution in [3.05, 3.63) is 150 Å². The first-order valence-corrected chi connectivity index (χ1v) is 12.9.